The van der Waals surface area contributed by atoms with Crippen LogP contribution in [0.25, 0.3) is 0 Å². The number of halogens is 3. The molecule has 2 aromatic carbocycles. The molecule has 0 unspecified atom stereocenters. The Labute approximate surface area is 118 Å². The highest BCUT2D eigenvalue weighted by Crippen LogP contribution is 2.26. The summed E-state index contributed by atoms with van der Waals surface area (Å²) in [5.41, 5.74) is 6.15. The molecule has 0 radical (unpaired) electrons. The van der Waals surface area contributed by atoms with Gasteiger partial charge >= 0.3 is 5.97 Å². The number of anilines is 3. The third kappa shape index (κ3) is 3.07. The standard InChI is InChI=1S/C14H11F3N2O2/c1-21-14(20)9-4-7(18)2-3-12(9)19-8-5-10(15)13(17)11(16)6-8/h2-6,19H,18H2,1H3. The first-order valence-corrected chi connectivity index (χ1v) is 5.81. The van der Waals surface area contributed by atoms with Crippen molar-refractivity contribution in [3.63, 3.8) is 0 Å². The van der Waals surface area contributed by atoms with Gasteiger partial charge in [0.2, 0.25) is 0 Å². The number of benzene rings is 2. The van der Waals surface area contributed by atoms with Crippen LogP contribution in [0.15, 0.2) is 30.3 Å². The predicted octanol–water partition coefficient (Wildman–Crippen LogP) is 3.22. The van der Waals surface area contributed by atoms with Crippen LogP contribution >= 0.6 is 0 Å². The third-order valence-corrected chi connectivity index (χ3v) is 2.71. The van der Waals surface area contributed by atoms with Gasteiger partial charge in [-0.1, -0.05) is 0 Å². The van der Waals surface area contributed by atoms with E-state index in [9.17, 15) is 18.0 Å². The molecule has 0 bridgehead atoms. The Balaban J connectivity index is 2.42. The van der Waals surface area contributed by atoms with Crippen molar-refractivity contribution < 1.29 is 22.7 Å². The minimum atomic E-state index is -1.56. The van der Waals surface area contributed by atoms with Crippen LogP contribution in [0.5, 0.6) is 0 Å². The first-order chi connectivity index (χ1) is 9.92. The van der Waals surface area contributed by atoms with Gasteiger partial charge < -0.3 is 15.8 Å². The highest BCUT2D eigenvalue weighted by Gasteiger charge is 2.15. The number of nitrogen functional groups attached to an aromatic ring is 1. The molecular formula is C14H11F3N2O2. The van der Waals surface area contributed by atoms with Crippen molar-refractivity contribution in [1.29, 1.82) is 0 Å². The normalized spacial score (nSPS) is 10.3. The van der Waals surface area contributed by atoms with Gasteiger partial charge in [-0.05, 0) is 18.2 Å². The lowest BCUT2D eigenvalue weighted by atomic mass is 10.1. The van der Waals surface area contributed by atoms with Gasteiger partial charge in [0.15, 0.2) is 17.5 Å². The second-order valence-electron chi connectivity index (χ2n) is 4.18. The van der Waals surface area contributed by atoms with Crippen LogP contribution in [0.3, 0.4) is 0 Å². The fourth-order valence-electron chi connectivity index (χ4n) is 1.73. The molecule has 0 fully saturated rings. The number of carbonyl (C=O) groups is 1. The van der Waals surface area contributed by atoms with Gasteiger partial charge in [-0.3, -0.25) is 0 Å². The first kappa shape index (κ1) is 14.7. The number of hydrogen-bond donors (Lipinski definition) is 2. The monoisotopic (exact) mass is 296 g/mol. The number of nitrogens with two attached hydrogens (primary N) is 1. The lowest BCUT2D eigenvalue weighted by Gasteiger charge is -2.12. The van der Waals surface area contributed by atoms with Gasteiger partial charge in [-0.2, -0.15) is 0 Å². The van der Waals surface area contributed by atoms with Crippen LogP contribution in [0.1, 0.15) is 10.4 Å². The summed E-state index contributed by atoms with van der Waals surface area (Å²) in [7, 11) is 1.19. The Kier molecular flexibility index (Phi) is 4.02. The Hall–Kier alpha value is -2.70. The van der Waals surface area contributed by atoms with E-state index in [0.717, 1.165) is 12.1 Å². The lowest BCUT2D eigenvalue weighted by molar-refractivity contribution is 0.0602. The number of hydrogen-bond acceptors (Lipinski definition) is 4. The van der Waals surface area contributed by atoms with Crippen molar-refractivity contribution in [3.05, 3.63) is 53.3 Å². The lowest BCUT2D eigenvalue weighted by Crippen LogP contribution is -2.07. The topological polar surface area (TPSA) is 64.3 Å². The minimum absolute atomic E-state index is 0.0543. The molecule has 0 saturated heterocycles. The Morgan fingerprint density at radius 2 is 1.76 bits per heavy atom. The maximum atomic E-state index is 13.2. The third-order valence-electron chi connectivity index (χ3n) is 2.71. The number of rotatable bonds is 3. The van der Waals surface area contributed by atoms with Crippen molar-refractivity contribution in [2.45, 2.75) is 0 Å². The highest BCUT2D eigenvalue weighted by molar-refractivity contribution is 5.97. The molecule has 0 spiro atoms. The van der Waals surface area contributed by atoms with Crippen molar-refractivity contribution in [2.75, 3.05) is 18.2 Å². The van der Waals surface area contributed by atoms with Gasteiger partial charge in [-0.25, -0.2) is 18.0 Å². The van der Waals surface area contributed by atoms with Crippen LogP contribution in [0.4, 0.5) is 30.2 Å². The van der Waals surface area contributed by atoms with E-state index in [-0.39, 0.29) is 16.9 Å². The summed E-state index contributed by atoms with van der Waals surface area (Å²) < 4.78 is 43.8. The number of methoxy groups -OCH3 is 1. The predicted molar refractivity (Wildman–Crippen MR) is 71.8 cm³/mol. The SMILES string of the molecule is COC(=O)c1cc(N)ccc1Nc1cc(F)c(F)c(F)c1. The summed E-state index contributed by atoms with van der Waals surface area (Å²) in [4.78, 5) is 11.6. The highest BCUT2D eigenvalue weighted by atomic mass is 19.2. The van der Waals surface area contributed by atoms with E-state index < -0.39 is 23.4 Å². The fraction of sp³-hybridized carbons (Fsp3) is 0.0714. The van der Waals surface area contributed by atoms with Crippen LogP contribution < -0.4 is 11.1 Å². The summed E-state index contributed by atoms with van der Waals surface area (Å²) in [6.45, 7) is 0. The molecular weight excluding hydrogens is 285 g/mol. The molecule has 21 heavy (non-hydrogen) atoms. The van der Waals surface area contributed by atoms with E-state index >= 15 is 0 Å². The first-order valence-electron chi connectivity index (χ1n) is 5.81. The summed E-state index contributed by atoms with van der Waals surface area (Å²) >= 11 is 0. The molecule has 2 aromatic rings. The molecule has 2 rings (SSSR count). The number of ether oxygens (including phenoxy) is 1. The van der Waals surface area contributed by atoms with Crippen LogP contribution in [0, 0.1) is 17.5 Å². The zero-order valence-electron chi connectivity index (χ0n) is 10.9. The van der Waals surface area contributed by atoms with Crippen molar-refractivity contribution in [1.82, 2.24) is 0 Å². The van der Waals surface area contributed by atoms with Gasteiger partial charge in [0.1, 0.15) is 0 Å². The molecule has 0 aliphatic rings. The maximum Gasteiger partial charge on any atom is 0.340 e. The van der Waals surface area contributed by atoms with Crippen LogP contribution in [-0.2, 0) is 4.74 Å². The van der Waals surface area contributed by atoms with Crippen molar-refractivity contribution in [3.8, 4) is 0 Å². The zero-order chi connectivity index (χ0) is 15.6. The Bertz CT molecular complexity index is 682. The Morgan fingerprint density at radius 1 is 1.14 bits per heavy atom. The summed E-state index contributed by atoms with van der Waals surface area (Å²) in [5.74, 6) is -4.92. The largest absolute Gasteiger partial charge is 0.465 e. The van der Waals surface area contributed by atoms with Gasteiger partial charge in [0.25, 0.3) is 0 Å². The van der Waals surface area contributed by atoms with Gasteiger partial charge in [0.05, 0.1) is 18.4 Å². The second-order valence-corrected chi connectivity index (χ2v) is 4.18. The second kappa shape index (κ2) is 5.74. The summed E-state index contributed by atoms with van der Waals surface area (Å²) in [6, 6.07) is 5.84. The molecule has 110 valence electrons. The summed E-state index contributed by atoms with van der Waals surface area (Å²) in [6.07, 6.45) is 0. The average molecular weight is 296 g/mol. The van der Waals surface area contributed by atoms with E-state index in [2.05, 4.69) is 10.1 Å². The Morgan fingerprint density at radius 3 is 2.33 bits per heavy atom. The van der Waals surface area contributed by atoms with E-state index in [0.29, 0.717) is 5.69 Å². The van der Waals surface area contributed by atoms with E-state index in [1.54, 1.807) is 0 Å². The van der Waals surface area contributed by atoms with Crippen LogP contribution in [-0.4, -0.2) is 13.1 Å². The smallest absolute Gasteiger partial charge is 0.340 e. The molecule has 7 heteroatoms. The number of nitrogens with one attached hydrogen (secondary N) is 1. The molecule has 0 saturated carbocycles. The van der Waals surface area contributed by atoms with E-state index in [1.807, 2.05) is 0 Å². The quantitative estimate of drug-likeness (QED) is 0.518. The fourth-order valence-corrected chi connectivity index (χ4v) is 1.73. The molecule has 0 amide bonds. The summed E-state index contributed by atoms with van der Waals surface area (Å²) in [5, 5.41) is 2.62. The molecule has 4 nitrogen and oxygen atoms in total. The van der Waals surface area contributed by atoms with Gasteiger partial charge in [-0.15, -0.1) is 0 Å². The zero-order valence-corrected chi connectivity index (χ0v) is 10.9. The van der Waals surface area contributed by atoms with Crippen molar-refractivity contribution >= 4 is 23.0 Å². The van der Waals surface area contributed by atoms with E-state index in [4.69, 9.17) is 5.73 Å². The molecule has 0 aliphatic heterocycles. The van der Waals surface area contributed by atoms with Crippen molar-refractivity contribution in [2.24, 2.45) is 0 Å². The van der Waals surface area contributed by atoms with Crippen LogP contribution in [0.2, 0.25) is 0 Å². The number of carbonyl (C=O) groups excluding carboxylic acids is 1. The minimum Gasteiger partial charge on any atom is -0.465 e. The molecule has 0 aliphatic carbocycles. The molecule has 0 aromatic heterocycles. The molecule has 0 heterocycles. The average Bonchev–Trinajstić information content (AvgIpc) is 2.45. The van der Waals surface area contributed by atoms with E-state index in [1.165, 1.54) is 25.3 Å². The van der Waals surface area contributed by atoms with Gasteiger partial charge in [0, 0.05) is 23.5 Å². The molecule has 0 atom stereocenters. The maximum absolute atomic E-state index is 13.2. The number of esters is 1. The molecule has 3 N–H and O–H groups in total.